The van der Waals surface area contributed by atoms with Crippen LogP contribution in [0.15, 0.2) is 55.0 Å². The smallest absolute Gasteiger partial charge is 0.134 e. The van der Waals surface area contributed by atoms with Crippen LogP contribution in [0.25, 0.3) is 5.69 Å². The van der Waals surface area contributed by atoms with E-state index in [2.05, 4.69) is 25.3 Å². The highest BCUT2D eigenvalue weighted by Crippen LogP contribution is 2.24. The van der Waals surface area contributed by atoms with Crippen molar-refractivity contribution in [1.82, 2.24) is 19.7 Å². The summed E-state index contributed by atoms with van der Waals surface area (Å²) in [6.07, 6.45) is 5.59. The summed E-state index contributed by atoms with van der Waals surface area (Å²) in [5.74, 6) is 1.61. The molecule has 4 rings (SSSR count). The normalized spacial score (nSPS) is 16.8. The number of nitrogens with zero attached hydrogens (tertiary/aromatic N) is 5. The summed E-state index contributed by atoms with van der Waals surface area (Å²) in [4.78, 5) is 10.8. The van der Waals surface area contributed by atoms with Crippen molar-refractivity contribution in [3.8, 4) is 5.69 Å². The lowest BCUT2D eigenvalue weighted by molar-refractivity contribution is 0.266. The highest BCUT2D eigenvalue weighted by molar-refractivity contribution is 5.50. The van der Waals surface area contributed by atoms with E-state index in [1.54, 1.807) is 6.33 Å². The molecular formula is C19H22N6O. The molecule has 1 saturated heterocycles. The molecule has 0 spiro atoms. The Balaban J connectivity index is 1.42. The van der Waals surface area contributed by atoms with E-state index in [4.69, 9.17) is 0 Å². The number of aliphatic hydroxyl groups is 1. The predicted octanol–water partition coefficient (Wildman–Crippen LogP) is 2.24. The molecule has 2 aromatic heterocycles. The number of aliphatic hydroxyl groups excluding tert-OH is 1. The van der Waals surface area contributed by atoms with Crippen LogP contribution in [-0.2, 0) is 6.54 Å². The van der Waals surface area contributed by atoms with Crippen molar-refractivity contribution in [2.45, 2.75) is 25.4 Å². The lowest BCUT2D eigenvalue weighted by atomic mass is 10.2. The summed E-state index contributed by atoms with van der Waals surface area (Å²) in [6.45, 7) is 1.66. The first-order valence-corrected chi connectivity index (χ1v) is 8.87. The molecule has 2 N–H and O–H groups in total. The van der Waals surface area contributed by atoms with Crippen molar-refractivity contribution in [3.05, 3.63) is 60.7 Å². The average Bonchev–Trinajstić information content (AvgIpc) is 3.36. The first kappa shape index (κ1) is 16.5. The summed E-state index contributed by atoms with van der Waals surface area (Å²) < 4.78 is 1.86. The highest BCUT2D eigenvalue weighted by atomic mass is 16.3. The van der Waals surface area contributed by atoms with Gasteiger partial charge in [-0.2, -0.15) is 5.10 Å². The van der Waals surface area contributed by atoms with Crippen LogP contribution in [0.2, 0.25) is 0 Å². The quantitative estimate of drug-likeness (QED) is 0.710. The van der Waals surface area contributed by atoms with Crippen LogP contribution >= 0.6 is 0 Å². The monoisotopic (exact) mass is 350 g/mol. The number of para-hydroxylation sites is 1. The fourth-order valence-corrected chi connectivity index (χ4v) is 3.29. The van der Waals surface area contributed by atoms with Crippen LogP contribution in [0.3, 0.4) is 0 Å². The number of nitrogens with one attached hydrogen (secondary N) is 1. The molecule has 1 aliphatic heterocycles. The predicted molar refractivity (Wildman–Crippen MR) is 100 cm³/mol. The molecule has 1 aliphatic rings. The zero-order valence-corrected chi connectivity index (χ0v) is 14.5. The molecule has 0 saturated carbocycles. The minimum Gasteiger partial charge on any atom is -0.394 e. The first-order valence-electron chi connectivity index (χ1n) is 8.87. The van der Waals surface area contributed by atoms with E-state index in [0.29, 0.717) is 6.54 Å². The maximum Gasteiger partial charge on any atom is 0.134 e. The van der Waals surface area contributed by atoms with Gasteiger partial charge in [0.15, 0.2) is 0 Å². The summed E-state index contributed by atoms with van der Waals surface area (Å²) in [5.41, 5.74) is 1.97. The number of hydrogen-bond donors (Lipinski definition) is 2. The molecule has 3 aromatic rings. The summed E-state index contributed by atoms with van der Waals surface area (Å²) in [6, 6.07) is 14.1. The number of aromatic nitrogens is 4. The second kappa shape index (κ2) is 7.53. The van der Waals surface area contributed by atoms with Crippen LogP contribution in [0.4, 0.5) is 11.6 Å². The molecule has 26 heavy (non-hydrogen) atoms. The van der Waals surface area contributed by atoms with Crippen molar-refractivity contribution < 1.29 is 5.11 Å². The lowest BCUT2D eigenvalue weighted by Crippen LogP contribution is -2.32. The van der Waals surface area contributed by atoms with E-state index in [1.807, 2.05) is 53.3 Å². The molecule has 3 heterocycles. The lowest BCUT2D eigenvalue weighted by Gasteiger charge is -2.24. The van der Waals surface area contributed by atoms with Gasteiger partial charge in [-0.3, -0.25) is 0 Å². The van der Waals surface area contributed by atoms with Gasteiger partial charge in [-0.25, -0.2) is 14.6 Å². The van der Waals surface area contributed by atoms with E-state index in [-0.39, 0.29) is 12.6 Å². The van der Waals surface area contributed by atoms with Crippen molar-refractivity contribution in [2.24, 2.45) is 0 Å². The molecule has 0 radical (unpaired) electrons. The van der Waals surface area contributed by atoms with Gasteiger partial charge in [0.25, 0.3) is 0 Å². The Hall–Kier alpha value is -2.93. The molecular weight excluding hydrogens is 328 g/mol. The Bertz CT molecular complexity index is 850. The van der Waals surface area contributed by atoms with Gasteiger partial charge in [-0.1, -0.05) is 18.2 Å². The maximum atomic E-state index is 9.50. The van der Waals surface area contributed by atoms with E-state index in [9.17, 15) is 5.11 Å². The standard InChI is InChI=1S/C19H22N6O/c26-13-17-7-4-9-24(17)19-11-18(21-14-22-19)20-12-15-8-10-25(23-15)16-5-2-1-3-6-16/h1-3,5-6,8,10-11,14,17,26H,4,7,9,12-13H2,(H,20,21,22). The van der Waals surface area contributed by atoms with Crippen molar-refractivity contribution in [3.63, 3.8) is 0 Å². The third-order valence-electron chi connectivity index (χ3n) is 4.65. The fraction of sp³-hybridized carbons (Fsp3) is 0.316. The molecule has 134 valence electrons. The SMILES string of the molecule is OCC1CCCN1c1cc(NCc2ccn(-c3ccccc3)n2)ncn1. The van der Waals surface area contributed by atoms with E-state index < -0.39 is 0 Å². The summed E-state index contributed by atoms with van der Waals surface area (Å²) >= 11 is 0. The Morgan fingerprint density at radius 3 is 2.88 bits per heavy atom. The first-order chi connectivity index (χ1) is 12.8. The number of hydrogen-bond acceptors (Lipinski definition) is 6. The van der Waals surface area contributed by atoms with Gasteiger partial charge in [-0.15, -0.1) is 0 Å². The molecule has 0 amide bonds. The van der Waals surface area contributed by atoms with Crippen molar-refractivity contribution >= 4 is 11.6 Å². The summed E-state index contributed by atoms with van der Waals surface area (Å²) in [5, 5.41) is 17.4. The van der Waals surface area contributed by atoms with Gasteiger partial charge in [0.05, 0.1) is 30.6 Å². The molecule has 1 unspecified atom stereocenters. The minimum absolute atomic E-state index is 0.152. The molecule has 1 atom stereocenters. The van der Waals surface area contributed by atoms with Gasteiger partial charge in [0.2, 0.25) is 0 Å². The van der Waals surface area contributed by atoms with Gasteiger partial charge in [0, 0.05) is 18.8 Å². The number of rotatable bonds is 6. The van der Waals surface area contributed by atoms with Gasteiger partial charge >= 0.3 is 0 Å². The van der Waals surface area contributed by atoms with Crippen LogP contribution in [0, 0.1) is 0 Å². The number of benzene rings is 1. The Morgan fingerprint density at radius 1 is 1.15 bits per heavy atom. The largest absolute Gasteiger partial charge is 0.394 e. The Labute approximate surface area is 152 Å². The summed E-state index contributed by atoms with van der Waals surface area (Å²) in [7, 11) is 0. The molecule has 0 aliphatic carbocycles. The van der Waals surface area contributed by atoms with E-state index in [0.717, 1.165) is 42.4 Å². The molecule has 1 fully saturated rings. The van der Waals surface area contributed by atoms with Crippen molar-refractivity contribution in [2.75, 3.05) is 23.4 Å². The van der Waals surface area contributed by atoms with Gasteiger partial charge < -0.3 is 15.3 Å². The minimum atomic E-state index is 0.152. The number of anilines is 2. The molecule has 1 aromatic carbocycles. The fourth-order valence-electron chi connectivity index (χ4n) is 3.29. The van der Waals surface area contributed by atoms with E-state index in [1.165, 1.54) is 0 Å². The second-order valence-corrected chi connectivity index (χ2v) is 6.37. The van der Waals surface area contributed by atoms with Gasteiger partial charge in [-0.05, 0) is 31.0 Å². The van der Waals surface area contributed by atoms with Crippen LogP contribution in [0.1, 0.15) is 18.5 Å². The Kier molecular flexibility index (Phi) is 4.79. The Morgan fingerprint density at radius 2 is 2.04 bits per heavy atom. The van der Waals surface area contributed by atoms with Crippen LogP contribution < -0.4 is 10.2 Å². The molecule has 7 heteroatoms. The topological polar surface area (TPSA) is 79.1 Å². The third-order valence-corrected chi connectivity index (χ3v) is 4.65. The van der Waals surface area contributed by atoms with Crippen molar-refractivity contribution in [1.29, 1.82) is 0 Å². The average molecular weight is 350 g/mol. The molecule has 0 bridgehead atoms. The third kappa shape index (κ3) is 3.52. The molecule has 7 nitrogen and oxygen atoms in total. The second-order valence-electron chi connectivity index (χ2n) is 6.37. The zero-order valence-electron chi connectivity index (χ0n) is 14.5. The van der Waals surface area contributed by atoms with Crippen LogP contribution in [0.5, 0.6) is 0 Å². The van der Waals surface area contributed by atoms with E-state index >= 15 is 0 Å². The van der Waals surface area contributed by atoms with Crippen LogP contribution in [-0.4, -0.2) is 44.0 Å². The zero-order chi connectivity index (χ0) is 17.8. The highest BCUT2D eigenvalue weighted by Gasteiger charge is 2.25. The van der Waals surface area contributed by atoms with Gasteiger partial charge in [0.1, 0.15) is 18.0 Å². The maximum absolute atomic E-state index is 9.50.